The summed E-state index contributed by atoms with van der Waals surface area (Å²) in [6.07, 6.45) is 2.11. The molecule has 112 valence electrons. The molecule has 0 atom stereocenters. The van der Waals surface area contributed by atoms with Gasteiger partial charge >= 0.3 is 0 Å². The second kappa shape index (κ2) is 7.01. The molecule has 0 radical (unpaired) electrons. The lowest BCUT2D eigenvalue weighted by Gasteiger charge is -2.18. The van der Waals surface area contributed by atoms with Crippen molar-refractivity contribution in [3.8, 4) is 0 Å². The highest BCUT2D eigenvalue weighted by molar-refractivity contribution is 7.98. The normalized spacial score (nSPS) is 16.3. The molecular weight excluding hydrogens is 329 g/mol. The van der Waals surface area contributed by atoms with E-state index in [1.807, 2.05) is 12.1 Å². The molecule has 2 aromatic rings. The van der Waals surface area contributed by atoms with Gasteiger partial charge in [0.25, 0.3) is 5.22 Å². The fraction of sp³-hybridized carbons (Fsp3) is 0.429. The second-order valence-electron chi connectivity index (χ2n) is 4.97. The van der Waals surface area contributed by atoms with Gasteiger partial charge in [-0.3, -0.25) is 0 Å². The van der Waals surface area contributed by atoms with E-state index in [9.17, 15) is 0 Å². The van der Waals surface area contributed by atoms with Gasteiger partial charge in [-0.2, -0.15) is 0 Å². The fourth-order valence-electron chi connectivity index (χ4n) is 2.29. The second-order valence-corrected chi connectivity index (χ2v) is 6.71. The van der Waals surface area contributed by atoms with Crippen molar-refractivity contribution >= 4 is 35.0 Å². The Labute approximate surface area is 137 Å². The Balaban J connectivity index is 1.60. The van der Waals surface area contributed by atoms with Crippen molar-refractivity contribution in [2.75, 3.05) is 13.1 Å². The lowest BCUT2D eigenvalue weighted by molar-refractivity contribution is 0.342. The maximum atomic E-state index is 6.00. The third kappa shape index (κ3) is 3.92. The summed E-state index contributed by atoms with van der Waals surface area (Å²) in [6, 6.07) is 5.61. The summed E-state index contributed by atoms with van der Waals surface area (Å²) in [4.78, 5) is 0. The fourth-order valence-corrected chi connectivity index (χ4v) is 3.32. The van der Waals surface area contributed by atoms with Crippen molar-refractivity contribution in [2.24, 2.45) is 0 Å². The van der Waals surface area contributed by atoms with Gasteiger partial charge in [0.05, 0.1) is 10.0 Å². The molecule has 3 rings (SSSR count). The Hall–Kier alpha value is -0.750. The molecule has 21 heavy (non-hydrogen) atoms. The van der Waals surface area contributed by atoms with Crippen molar-refractivity contribution < 1.29 is 4.42 Å². The number of piperidine rings is 1. The smallest absolute Gasteiger partial charge is 0.276 e. The molecule has 0 saturated carbocycles. The number of nitrogens with zero attached hydrogens (tertiary/aromatic N) is 2. The topological polar surface area (TPSA) is 51.0 Å². The molecule has 1 saturated heterocycles. The average Bonchev–Trinajstić information content (AvgIpc) is 2.98. The molecule has 0 amide bonds. The minimum Gasteiger partial charge on any atom is -0.416 e. The van der Waals surface area contributed by atoms with Gasteiger partial charge in [0, 0.05) is 11.7 Å². The predicted octanol–water partition coefficient (Wildman–Crippen LogP) is 4.14. The molecular formula is C14H15Cl2N3OS. The van der Waals surface area contributed by atoms with Crippen LogP contribution in [0.15, 0.2) is 27.8 Å². The summed E-state index contributed by atoms with van der Waals surface area (Å²) in [5.41, 5.74) is 1.08. The minimum absolute atomic E-state index is 0.387. The molecule has 1 aromatic heterocycles. The van der Waals surface area contributed by atoms with Crippen molar-refractivity contribution in [1.29, 1.82) is 0 Å². The molecule has 1 fully saturated rings. The monoisotopic (exact) mass is 343 g/mol. The molecule has 4 nitrogen and oxygen atoms in total. The van der Waals surface area contributed by atoms with Crippen molar-refractivity contribution in [1.82, 2.24) is 15.5 Å². The molecule has 7 heteroatoms. The van der Waals surface area contributed by atoms with Crippen LogP contribution in [0, 0.1) is 0 Å². The Bertz CT molecular complexity index is 614. The highest BCUT2D eigenvalue weighted by Crippen LogP contribution is 2.29. The van der Waals surface area contributed by atoms with E-state index >= 15 is 0 Å². The first-order valence-corrected chi connectivity index (χ1v) is 8.57. The first-order chi connectivity index (χ1) is 10.2. The Morgan fingerprint density at radius 1 is 1.19 bits per heavy atom. The van der Waals surface area contributed by atoms with Gasteiger partial charge < -0.3 is 9.73 Å². The van der Waals surface area contributed by atoms with Crippen LogP contribution < -0.4 is 5.32 Å². The zero-order valence-corrected chi connectivity index (χ0v) is 13.6. The number of hydrogen-bond acceptors (Lipinski definition) is 5. The molecule has 1 N–H and O–H groups in total. The summed E-state index contributed by atoms with van der Waals surface area (Å²) >= 11 is 13.4. The number of nitrogens with one attached hydrogen (secondary N) is 1. The first-order valence-electron chi connectivity index (χ1n) is 6.83. The van der Waals surface area contributed by atoms with E-state index < -0.39 is 0 Å². The summed E-state index contributed by atoms with van der Waals surface area (Å²) in [6.45, 7) is 2.03. The van der Waals surface area contributed by atoms with Gasteiger partial charge in [-0.05, 0) is 43.6 Å². The third-order valence-electron chi connectivity index (χ3n) is 3.46. The van der Waals surface area contributed by atoms with Gasteiger partial charge in [0.1, 0.15) is 0 Å². The molecule has 1 aliphatic heterocycles. The number of halogens is 2. The van der Waals surface area contributed by atoms with Crippen LogP contribution in [-0.4, -0.2) is 23.3 Å². The van der Waals surface area contributed by atoms with Crippen molar-refractivity contribution in [3.05, 3.63) is 39.7 Å². The molecule has 1 aromatic carbocycles. The maximum absolute atomic E-state index is 6.00. The zero-order chi connectivity index (χ0) is 14.7. The SMILES string of the molecule is Clc1ccc(CSc2nnc(C3CCNCC3)o2)cc1Cl. The van der Waals surface area contributed by atoms with E-state index in [2.05, 4.69) is 15.5 Å². The van der Waals surface area contributed by atoms with Crippen LogP contribution in [0.2, 0.25) is 10.0 Å². The van der Waals surface area contributed by atoms with Gasteiger partial charge in [0.2, 0.25) is 5.89 Å². The van der Waals surface area contributed by atoms with Crippen LogP contribution in [0.25, 0.3) is 0 Å². The Morgan fingerprint density at radius 3 is 2.76 bits per heavy atom. The number of hydrogen-bond donors (Lipinski definition) is 1. The molecule has 0 aliphatic carbocycles. The van der Waals surface area contributed by atoms with E-state index in [4.69, 9.17) is 27.6 Å². The van der Waals surface area contributed by atoms with Gasteiger partial charge in [0.15, 0.2) is 0 Å². The largest absolute Gasteiger partial charge is 0.416 e. The Morgan fingerprint density at radius 2 is 2.00 bits per heavy atom. The van der Waals surface area contributed by atoms with Crippen LogP contribution in [-0.2, 0) is 5.75 Å². The van der Waals surface area contributed by atoms with E-state index in [-0.39, 0.29) is 0 Å². The molecule has 1 aliphatic rings. The molecule has 2 heterocycles. The molecule has 0 bridgehead atoms. The third-order valence-corrected chi connectivity index (χ3v) is 5.09. The lowest BCUT2D eigenvalue weighted by atomic mass is 9.98. The maximum Gasteiger partial charge on any atom is 0.276 e. The van der Waals surface area contributed by atoms with E-state index in [0.29, 0.717) is 21.2 Å². The standard InChI is InChI=1S/C14H15Cl2N3OS/c15-11-2-1-9(7-12(11)16)8-21-14-19-18-13(20-14)10-3-5-17-6-4-10/h1-2,7,10,17H,3-6,8H2. The summed E-state index contributed by atoms with van der Waals surface area (Å²) in [7, 11) is 0. The van der Waals surface area contributed by atoms with Gasteiger partial charge in [-0.25, -0.2) is 0 Å². The highest BCUT2D eigenvalue weighted by Gasteiger charge is 2.21. The van der Waals surface area contributed by atoms with E-state index in [1.165, 1.54) is 11.8 Å². The van der Waals surface area contributed by atoms with Gasteiger partial charge in [-0.1, -0.05) is 41.0 Å². The number of benzene rings is 1. The zero-order valence-electron chi connectivity index (χ0n) is 11.3. The van der Waals surface area contributed by atoms with Crippen LogP contribution in [0.5, 0.6) is 0 Å². The predicted molar refractivity (Wildman–Crippen MR) is 85.2 cm³/mol. The van der Waals surface area contributed by atoms with Crippen LogP contribution in [0.3, 0.4) is 0 Å². The van der Waals surface area contributed by atoms with Crippen LogP contribution in [0.1, 0.15) is 30.2 Å². The minimum atomic E-state index is 0.387. The molecule has 0 spiro atoms. The number of thioether (sulfide) groups is 1. The lowest BCUT2D eigenvalue weighted by Crippen LogP contribution is -2.26. The quantitative estimate of drug-likeness (QED) is 0.845. The summed E-state index contributed by atoms with van der Waals surface area (Å²) < 4.78 is 5.75. The van der Waals surface area contributed by atoms with Crippen molar-refractivity contribution in [2.45, 2.75) is 29.7 Å². The van der Waals surface area contributed by atoms with Gasteiger partial charge in [-0.15, -0.1) is 10.2 Å². The number of aromatic nitrogens is 2. The van der Waals surface area contributed by atoms with E-state index in [1.54, 1.807) is 6.07 Å². The van der Waals surface area contributed by atoms with Crippen molar-refractivity contribution in [3.63, 3.8) is 0 Å². The summed E-state index contributed by atoms with van der Waals surface area (Å²) in [5.74, 6) is 1.87. The number of rotatable bonds is 4. The Kier molecular flexibility index (Phi) is 5.06. The van der Waals surface area contributed by atoms with E-state index in [0.717, 1.165) is 43.1 Å². The first kappa shape index (κ1) is 15.2. The highest BCUT2D eigenvalue weighted by atomic mass is 35.5. The molecule has 0 unspecified atom stereocenters. The average molecular weight is 344 g/mol. The van der Waals surface area contributed by atoms with Crippen LogP contribution in [0.4, 0.5) is 0 Å². The van der Waals surface area contributed by atoms with Crippen LogP contribution >= 0.6 is 35.0 Å². The summed E-state index contributed by atoms with van der Waals surface area (Å²) in [5, 5.41) is 13.4.